The lowest BCUT2D eigenvalue weighted by Crippen LogP contribution is -2.14. The summed E-state index contributed by atoms with van der Waals surface area (Å²) in [6.45, 7) is 0.145. The molecule has 0 aliphatic carbocycles. The van der Waals surface area contributed by atoms with Crippen LogP contribution in [-0.4, -0.2) is 30.1 Å². The highest BCUT2D eigenvalue weighted by atomic mass is 16.7. The highest BCUT2D eigenvalue weighted by Crippen LogP contribution is 2.36. The van der Waals surface area contributed by atoms with E-state index in [4.69, 9.17) is 14.2 Å². The fourth-order valence-corrected chi connectivity index (χ4v) is 2.56. The minimum Gasteiger partial charge on any atom is -0.504 e. The third kappa shape index (κ3) is 3.01. The fraction of sp³-hybridized carbons (Fsp3) is 0.235. The van der Waals surface area contributed by atoms with E-state index in [1.165, 1.54) is 13.2 Å². The number of phenolic OH excluding ortho intramolecular Hbond substituents is 1. The molecule has 0 aromatic heterocycles. The van der Waals surface area contributed by atoms with Crippen molar-refractivity contribution in [1.29, 1.82) is 0 Å². The largest absolute Gasteiger partial charge is 0.504 e. The van der Waals surface area contributed by atoms with E-state index < -0.39 is 11.9 Å². The van der Waals surface area contributed by atoms with Gasteiger partial charge in [0, 0.05) is 0 Å². The highest BCUT2D eigenvalue weighted by Gasteiger charge is 2.24. The molecule has 0 radical (unpaired) electrons. The van der Waals surface area contributed by atoms with Crippen LogP contribution in [0.4, 0.5) is 0 Å². The number of aliphatic carboxylic acids is 1. The van der Waals surface area contributed by atoms with Gasteiger partial charge in [0.1, 0.15) is 0 Å². The van der Waals surface area contributed by atoms with Crippen molar-refractivity contribution in [3.05, 3.63) is 47.5 Å². The van der Waals surface area contributed by atoms with E-state index in [2.05, 4.69) is 0 Å². The van der Waals surface area contributed by atoms with Gasteiger partial charge in [0.05, 0.1) is 13.0 Å². The van der Waals surface area contributed by atoms with Gasteiger partial charge in [-0.1, -0.05) is 12.1 Å². The maximum Gasteiger partial charge on any atom is 0.311 e. The molecule has 0 amide bonds. The summed E-state index contributed by atoms with van der Waals surface area (Å²) in [6, 6.07) is 9.94. The molecule has 0 saturated carbocycles. The van der Waals surface area contributed by atoms with Crippen molar-refractivity contribution in [3.8, 4) is 23.0 Å². The molecule has 1 aliphatic heterocycles. The summed E-state index contributed by atoms with van der Waals surface area (Å²) in [4.78, 5) is 11.7. The molecule has 6 nitrogen and oxygen atoms in total. The molecule has 1 atom stereocenters. The number of hydrogen-bond donors (Lipinski definition) is 2. The van der Waals surface area contributed by atoms with Crippen LogP contribution in [0.25, 0.3) is 0 Å². The first kappa shape index (κ1) is 15.0. The normalized spacial score (nSPS) is 13.6. The number of phenols is 1. The number of ether oxygens (including phenoxy) is 3. The maximum atomic E-state index is 11.7. The quantitative estimate of drug-likeness (QED) is 0.882. The Bertz CT molecular complexity index is 740. The Morgan fingerprint density at radius 3 is 2.74 bits per heavy atom. The molecule has 0 bridgehead atoms. The molecule has 0 saturated heterocycles. The molecule has 120 valence electrons. The second-order valence-corrected chi connectivity index (χ2v) is 5.21. The van der Waals surface area contributed by atoms with Gasteiger partial charge in [-0.2, -0.15) is 0 Å². The van der Waals surface area contributed by atoms with E-state index >= 15 is 0 Å². The highest BCUT2D eigenvalue weighted by molar-refractivity contribution is 5.77. The predicted molar refractivity (Wildman–Crippen MR) is 81.3 cm³/mol. The average Bonchev–Trinajstić information content (AvgIpc) is 3.01. The Hall–Kier alpha value is -2.89. The van der Waals surface area contributed by atoms with Crippen molar-refractivity contribution < 1.29 is 29.2 Å². The van der Waals surface area contributed by atoms with Gasteiger partial charge >= 0.3 is 5.97 Å². The zero-order chi connectivity index (χ0) is 16.4. The Kier molecular flexibility index (Phi) is 3.97. The molecule has 0 spiro atoms. The van der Waals surface area contributed by atoms with Crippen molar-refractivity contribution in [1.82, 2.24) is 0 Å². The van der Waals surface area contributed by atoms with E-state index in [9.17, 15) is 15.0 Å². The molecule has 2 N–H and O–H groups in total. The standard InChI is InChI=1S/C17H16O6/c1-21-15-7-10(2-4-13(15)18)6-12(17(19)20)11-3-5-14-16(8-11)23-9-22-14/h2-5,7-8,12,18H,6,9H2,1H3,(H,19,20). The van der Waals surface area contributed by atoms with Gasteiger partial charge in [0.15, 0.2) is 23.0 Å². The summed E-state index contributed by atoms with van der Waals surface area (Å²) in [6.07, 6.45) is 0.269. The van der Waals surface area contributed by atoms with Crippen LogP contribution in [0.1, 0.15) is 17.0 Å². The average molecular weight is 316 g/mol. The molecule has 0 fully saturated rings. The smallest absolute Gasteiger partial charge is 0.311 e. The monoisotopic (exact) mass is 316 g/mol. The van der Waals surface area contributed by atoms with Crippen molar-refractivity contribution in [2.24, 2.45) is 0 Å². The fourth-order valence-electron chi connectivity index (χ4n) is 2.56. The Morgan fingerprint density at radius 1 is 1.22 bits per heavy atom. The van der Waals surface area contributed by atoms with Gasteiger partial charge in [0.2, 0.25) is 6.79 Å². The summed E-state index contributed by atoms with van der Waals surface area (Å²) in [7, 11) is 1.45. The molecule has 3 rings (SSSR count). The van der Waals surface area contributed by atoms with Crippen LogP contribution in [0.3, 0.4) is 0 Å². The number of aromatic hydroxyl groups is 1. The molecule has 1 aliphatic rings. The summed E-state index contributed by atoms with van der Waals surface area (Å²) in [5, 5.41) is 19.2. The number of carboxylic acids is 1. The lowest BCUT2D eigenvalue weighted by molar-refractivity contribution is -0.138. The third-order valence-electron chi connectivity index (χ3n) is 3.78. The number of carboxylic acid groups (broad SMARTS) is 1. The lowest BCUT2D eigenvalue weighted by Gasteiger charge is -2.14. The topological polar surface area (TPSA) is 85.2 Å². The second-order valence-electron chi connectivity index (χ2n) is 5.21. The molecule has 1 unspecified atom stereocenters. The molecular formula is C17H16O6. The lowest BCUT2D eigenvalue weighted by atomic mass is 9.91. The van der Waals surface area contributed by atoms with E-state index in [1.807, 2.05) is 0 Å². The number of carbonyl (C=O) groups is 1. The van der Waals surface area contributed by atoms with E-state index in [0.717, 1.165) is 5.56 Å². The third-order valence-corrected chi connectivity index (χ3v) is 3.78. The minimum absolute atomic E-state index is 0.0196. The molecule has 2 aromatic carbocycles. The number of fused-ring (bicyclic) bond motifs is 1. The number of hydrogen-bond acceptors (Lipinski definition) is 5. The molecular weight excluding hydrogens is 300 g/mol. The van der Waals surface area contributed by atoms with Crippen LogP contribution in [0.5, 0.6) is 23.0 Å². The first-order valence-corrected chi connectivity index (χ1v) is 7.06. The van der Waals surface area contributed by atoms with Crippen molar-refractivity contribution in [2.75, 3.05) is 13.9 Å². The molecule has 23 heavy (non-hydrogen) atoms. The Labute approximate surface area is 132 Å². The summed E-state index contributed by atoms with van der Waals surface area (Å²) < 4.78 is 15.6. The van der Waals surface area contributed by atoms with Crippen LogP contribution in [0, 0.1) is 0 Å². The van der Waals surface area contributed by atoms with Gasteiger partial charge in [-0.3, -0.25) is 4.79 Å². The van der Waals surface area contributed by atoms with Crippen molar-refractivity contribution in [2.45, 2.75) is 12.3 Å². The van der Waals surface area contributed by atoms with Crippen LogP contribution < -0.4 is 14.2 Å². The van der Waals surface area contributed by atoms with E-state index in [1.54, 1.807) is 30.3 Å². The van der Waals surface area contributed by atoms with Gasteiger partial charge in [-0.05, 0) is 41.8 Å². The van der Waals surface area contributed by atoms with Crippen LogP contribution in [-0.2, 0) is 11.2 Å². The van der Waals surface area contributed by atoms with Gasteiger partial charge in [-0.25, -0.2) is 0 Å². The molecule has 6 heteroatoms. The molecule has 1 heterocycles. The minimum atomic E-state index is -0.934. The van der Waals surface area contributed by atoms with Crippen LogP contribution >= 0.6 is 0 Å². The van der Waals surface area contributed by atoms with Gasteiger partial charge < -0.3 is 24.4 Å². The van der Waals surface area contributed by atoms with Crippen molar-refractivity contribution >= 4 is 5.97 Å². The van der Waals surface area contributed by atoms with Gasteiger partial charge in [0.25, 0.3) is 0 Å². The summed E-state index contributed by atoms with van der Waals surface area (Å²) >= 11 is 0. The number of rotatable bonds is 5. The Balaban J connectivity index is 1.89. The van der Waals surface area contributed by atoms with E-state index in [-0.39, 0.29) is 19.0 Å². The number of methoxy groups -OCH3 is 1. The Morgan fingerprint density at radius 2 is 2.00 bits per heavy atom. The summed E-state index contributed by atoms with van der Waals surface area (Å²) in [5.41, 5.74) is 1.39. The SMILES string of the molecule is COc1cc(CC(C(=O)O)c2ccc3c(c2)OCO3)ccc1O. The maximum absolute atomic E-state index is 11.7. The van der Waals surface area contributed by atoms with Crippen LogP contribution in [0.15, 0.2) is 36.4 Å². The predicted octanol–water partition coefficient (Wildman–Crippen LogP) is 2.54. The van der Waals surface area contributed by atoms with Crippen molar-refractivity contribution in [3.63, 3.8) is 0 Å². The zero-order valence-corrected chi connectivity index (χ0v) is 12.5. The van der Waals surface area contributed by atoms with E-state index in [0.29, 0.717) is 22.8 Å². The second kappa shape index (κ2) is 6.08. The zero-order valence-electron chi connectivity index (χ0n) is 12.5. The number of benzene rings is 2. The summed E-state index contributed by atoms with van der Waals surface area (Å²) in [5.74, 6) is -0.167. The first-order valence-electron chi connectivity index (χ1n) is 7.06. The van der Waals surface area contributed by atoms with Gasteiger partial charge in [-0.15, -0.1) is 0 Å². The van der Waals surface area contributed by atoms with Crippen LogP contribution in [0.2, 0.25) is 0 Å². The molecule has 2 aromatic rings. The first-order chi connectivity index (χ1) is 11.1.